The van der Waals surface area contributed by atoms with Crippen LogP contribution in [0.25, 0.3) is 0 Å². The molecule has 1 atom stereocenters. The van der Waals surface area contributed by atoms with Crippen LogP contribution in [0.2, 0.25) is 0 Å². The van der Waals surface area contributed by atoms with Crippen molar-refractivity contribution in [2.75, 3.05) is 40.3 Å². The normalized spacial score (nSPS) is 16.5. The van der Waals surface area contributed by atoms with Crippen LogP contribution in [0.15, 0.2) is 35.3 Å². The number of halogens is 1. The Labute approximate surface area is 152 Å². The lowest BCUT2D eigenvalue weighted by Crippen LogP contribution is -2.40. The van der Waals surface area contributed by atoms with E-state index in [0.717, 1.165) is 32.1 Å². The van der Waals surface area contributed by atoms with Gasteiger partial charge in [0.15, 0.2) is 5.96 Å². The Bertz CT molecular complexity index is 441. The van der Waals surface area contributed by atoms with Gasteiger partial charge in [-0.15, -0.1) is 24.0 Å². The van der Waals surface area contributed by atoms with Crippen molar-refractivity contribution in [1.29, 1.82) is 0 Å². The summed E-state index contributed by atoms with van der Waals surface area (Å²) in [5, 5.41) is 3.43. The molecule has 0 saturated carbocycles. The first-order valence-electron chi connectivity index (χ1n) is 7.97. The van der Waals surface area contributed by atoms with E-state index in [2.05, 4.69) is 66.5 Å². The minimum atomic E-state index is 0. The van der Waals surface area contributed by atoms with E-state index in [-0.39, 0.29) is 24.0 Å². The van der Waals surface area contributed by atoms with E-state index in [1.54, 1.807) is 0 Å². The molecule has 1 fully saturated rings. The molecule has 1 heterocycles. The van der Waals surface area contributed by atoms with E-state index >= 15 is 0 Å². The summed E-state index contributed by atoms with van der Waals surface area (Å²) in [5.74, 6) is 1.07. The van der Waals surface area contributed by atoms with Crippen molar-refractivity contribution >= 4 is 29.9 Å². The fourth-order valence-electron chi connectivity index (χ4n) is 2.77. The highest BCUT2D eigenvalue weighted by atomic mass is 127. The molecule has 0 spiro atoms. The van der Waals surface area contributed by atoms with Crippen LogP contribution in [0.4, 0.5) is 0 Å². The molecule has 0 aliphatic carbocycles. The predicted molar refractivity (Wildman–Crippen MR) is 105 cm³/mol. The zero-order valence-corrected chi connectivity index (χ0v) is 16.3. The topological polar surface area (TPSA) is 30.9 Å². The van der Waals surface area contributed by atoms with Gasteiger partial charge in [-0.2, -0.15) is 0 Å². The van der Waals surface area contributed by atoms with Crippen LogP contribution in [0.3, 0.4) is 0 Å². The third-order valence-corrected chi connectivity index (χ3v) is 3.96. The van der Waals surface area contributed by atoms with Crippen LogP contribution in [0, 0.1) is 0 Å². The van der Waals surface area contributed by atoms with Gasteiger partial charge in [-0.05, 0) is 39.4 Å². The highest BCUT2D eigenvalue weighted by Crippen LogP contribution is 2.18. The summed E-state index contributed by atoms with van der Waals surface area (Å²) in [6.45, 7) is 6.10. The van der Waals surface area contributed by atoms with E-state index in [9.17, 15) is 0 Å². The Hall–Kier alpha value is -0.820. The molecule has 1 N–H and O–H groups in total. The first-order valence-corrected chi connectivity index (χ1v) is 7.97. The zero-order valence-electron chi connectivity index (χ0n) is 14.0. The second kappa shape index (κ2) is 10.0. The number of aliphatic imine (C=N–C) groups is 1. The molecule has 0 bridgehead atoms. The van der Waals surface area contributed by atoms with Crippen LogP contribution in [-0.2, 0) is 0 Å². The summed E-state index contributed by atoms with van der Waals surface area (Å²) in [7, 11) is 4.24. The number of rotatable bonds is 5. The van der Waals surface area contributed by atoms with E-state index in [1.807, 2.05) is 0 Å². The molecule has 22 heavy (non-hydrogen) atoms. The number of nitrogens with zero attached hydrogens (tertiary/aromatic N) is 3. The number of likely N-dealkylation sites (N-methyl/N-ethyl adjacent to an activating group) is 1. The SMILES string of the molecule is CCNC(=NCC(c1ccccc1)N(C)C)N1CCCC1.I. The highest BCUT2D eigenvalue weighted by molar-refractivity contribution is 14.0. The van der Waals surface area contributed by atoms with Crippen LogP contribution >= 0.6 is 24.0 Å². The largest absolute Gasteiger partial charge is 0.357 e. The number of nitrogens with one attached hydrogen (secondary N) is 1. The lowest BCUT2D eigenvalue weighted by atomic mass is 10.1. The smallest absolute Gasteiger partial charge is 0.193 e. The first kappa shape index (κ1) is 19.2. The van der Waals surface area contributed by atoms with Crippen LogP contribution in [-0.4, -0.2) is 56.0 Å². The fraction of sp³-hybridized carbons (Fsp3) is 0.588. The molecule has 1 aliphatic heterocycles. The number of benzene rings is 1. The third-order valence-electron chi connectivity index (χ3n) is 3.96. The maximum Gasteiger partial charge on any atom is 0.193 e. The van der Waals surface area contributed by atoms with Gasteiger partial charge in [0.2, 0.25) is 0 Å². The molecule has 1 aromatic rings. The van der Waals surface area contributed by atoms with Gasteiger partial charge in [0.05, 0.1) is 12.6 Å². The Balaban J connectivity index is 0.00000242. The monoisotopic (exact) mass is 416 g/mol. The molecule has 1 saturated heterocycles. The molecule has 0 amide bonds. The molecule has 4 nitrogen and oxygen atoms in total. The fourth-order valence-corrected chi connectivity index (χ4v) is 2.77. The van der Waals surface area contributed by atoms with Crippen LogP contribution < -0.4 is 5.32 Å². The quantitative estimate of drug-likeness (QED) is 0.455. The van der Waals surface area contributed by atoms with Crippen molar-refractivity contribution in [3.05, 3.63) is 35.9 Å². The van der Waals surface area contributed by atoms with Crippen molar-refractivity contribution in [1.82, 2.24) is 15.1 Å². The summed E-state index contributed by atoms with van der Waals surface area (Å²) < 4.78 is 0. The maximum atomic E-state index is 4.88. The Morgan fingerprint density at radius 2 is 1.86 bits per heavy atom. The summed E-state index contributed by atoms with van der Waals surface area (Å²) in [4.78, 5) is 9.50. The predicted octanol–water partition coefficient (Wildman–Crippen LogP) is 2.97. The van der Waals surface area contributed by atoms with Gasteiger partial charge in [-0.25, -0.2) is 0 Å². The second-order valence-electron chi connectivity index (χ2n) is 5.78. The van der Waals surface area contributed by atoms with Crippen molar-refractivity contribution in [2.45, 2.75) is 25.8 Å². The molecule has 0 aromatic heterocycles. The molecular formula is C17H29IN4. The van der Waals surface area contributed by atoms with Gasteiger partial charge in [-0.3, -0.25) is 4.99 Å². The van der Waals surface area contributed by atoms with E-state index in [0.29, 0.717) is 6.04 Å². The number of likely N-dealkylation sites (tertiary alicyclic amines) is 1. The Morgan fingerprint density at radius 1 is 1.23 bits per heavy atom. The van der Waals surface area contributed by atoms with Crippen LogP contribution in [0.1, 0.15) is 31.4 Å². The van der Waals surface area contributed by atoms with Crippen molar-refractivity contribution in [3.63, 3.8) is 0 Å². The molecule has 1 aliphatic rings. The molecule has 0 radical (unpaired) electrons. The van der Waals surface area contributed by atoms with E-state index < -0.39 is 0 Å². The van der Waals surface area contributed by atoms with E-state index in [4.69, 9.17) is 4.99 Å². The number of hydrogen-bond donors (Lipinski definition) is 1. The lowest BCUT2D eigenvalue weighted by molar-refractivity contribution is 0.305. The number of hydrogen-bond acceptors (Lipinski definition) is 2. The second-order valence-corrected chi connectivity index (χ2v) is 5.78. The van der Waals surface area contributed by atoms with Crippen molar-refractivity contribution in [2.24, 2.45) is 4.99 Å². The van der Waals surface area contributed by atoms with Gasteiger partial charge in [-0.1, -0.05) is 30.3 Å². The Morgan fingerprint density at radius 3 is 2.41 bits per heavy atom. The maximum absolute atomic E-state index is 4.88. The van der Waals surface area contributed by atoms with Gasteiger partial charge in [0.1, 0.15) is 0 Å². The minimum absolute atomic E-state index is 0. The average Bonchev–Trinajstić information content (AvgIpc) is 3.01. The standard InChI is InChI=1S/C17H28N4.HI/c1-4-18-17(21-12-8-9-13-21)19-14-16(20(2)3)15-10-6-5-7-11-15;/h5-7,10-11,16H,4,8-9,12-14H2,1-3H3,(H,18,19);1H. The summed E-state index contributed by atoms with van der Waals surface area (Å²) in [6, 6.07) is 10.9. The summed E-state index contributed by atoms with van der Waals surface area (Å²) in [5.41, 5.74) is 1.32. The molecule has 1 aromatic carbocycles. The van der Waals surface area contributed by atoms with Gasteiger partial charge < -0.3 is 15.1 Å². The molecule has 5 heteroatoms. The Kier molecular flexibility index (Phi) is 8.78. The summed E-state index contributed by atoms with van der Waals surface area (Å²) >= 11 is 0. The first-order chi connectivity index (χ1) is 10.2. The van der Waals surface area contributed by atoms with Crippen molar-refractivity contribution < 1.29 is 0 Å². The molecule has 124 valence electrons. The molecular weight excluding hydrogens is 387 g/mol. The summed E-state index contributed by atoms with van der Waals surface area (Å²) in [6.07, 6.45) is 2.56. The average molecular weight is 416 g/mol. The molecule has 2 rings (SSSR count). The van der Waals surface area contributed by atoms with Gasteiger partial charge in [0, 0.05) is 19.6 Å². The van der Waals surface area contributed by atoms with Crippen LogP contribution in [0.5, 0.6) is 0 Å². The van der Waals surface area contributed by atoms with Gasteiger partial charge >= 0.3 is 0 Å². The molecule has 1 unspecified atom stereocenters. The number of guanidine groups is 1. The van der Waals surface area contributed by atoms with E-state index in [1.165, 1.54) is 18.4 Å². The third kappa shape index (κ3) is 5.43. The van der Waals surface area contributed by atoms with Gasteiger partial charge in [0.25, 0.3) is 0 Å². The zero-order chi connectivity index (χ0) is 15.1. The lowest BCUT2D eigenvalue weighted by Gasteiger charge is -2.25. The van der Waals surface area contributed by atoms with Crippen molar-refractivity contribution in [3.8, 4) is 0 Å². The highest BCUT2D eigenvalue weighted by Gasteiger charge is 2.18. The minimum Gasteiger partial charge on any atom is -0.357 e.